The Balaban J connectivity index is 1.54. The average molecular weight is 422 g/mol. The first-order chi connectivity index (χ1) is 14.6. The van der Waals surface area contributed by atoms with Crippen molar-refractivity contribution in [2.45, 2.75) is 63.7 Å². The van der Waals surface area contributed by atoms with E-state index in [1.165, 1.54) is 6.42 Å². The molecule has 1 unspecified atom stereocenters. The largest absolute Gasteiger partial charge is 0.351 e. The number of carbonyl (C=O) groups is 2. The van der Waals surface area contributed by atoms with E-state index in [0.717, 1.165) is 41.5 Å². The lowest BCUT2D eigenvalue weighted by Gasteiger charge is -2.44. The van der Waals surface area contributed by atoms with Crippen molar-refractivity contribution in [3.63, 3.8) is 0 Å². The van der Waals surface area contributed by atoms with E-state index in [1.807, 2.05) is 59.3 Å². The number of benzene rings is 1. The Hall–Kier alpha value is -2.60. The van der Waals surface area contributed by atoms with Gasteiger partial charge in [0.25, 0.3) is 5.91 Å². The molecule has 30 heavy (non-hydrogen) atoms. The first-order valence-electron chi connectivity index (χ1n) is 10.8. The van der Waals surface area contributed by atoms with Crippen LogP contribution in [-0.2, 0) is 17.9 Å². The van der Waals surface area contributed by atoms with Crippen LogP contribution in [0.15, 0.2) is 47.8 Å². The minimum atomic E-state index is -0.937. The SMILES string of the molecule is CC1(C(=O)NC2CCCCC2)Cn2c(cc3ccccc32)C(=O)N1Cc1cccs1. The Kier molecular flexibility index (Phi) is 4.89. The van der Waals surface area contributed by atoms with Gasteiger partial charge in [0.2, 0.25) is 5.91 Å². The van der Waals surface area contributed by atoms with Gasteiger partial charge in [-0.25, -0.2) is 0 Å². The number of amides is 2. The first kappa shape index (κ1) is 19.4. The Morgan fingerprint density at radius 1 is 1.17 bits per heavy atom. The van der Waals surface area contributed by atoms with Gasteiger partial charge in [0.05, 0.1) is 13.1 Å². The predicted molar refractivity (Wildman–Crippen MR) is 120 cm³/mol. The quantitative estimate of drug-likeness (QED) is 0.671. The highest BCUT2D eigenvalue weighted by atomic mass is 32.1. The Morgan fingerprint density at radius 2 is 1.97 bits per heavy atom. The fourth-order valence-electron chi connectivity index (χ4n) is 4.90. The summed E-state index contributed by atoms with van der Waals surface area (Å²) < 4.78 is 2.03. The average Bonchev–Trinajstić information content (AvgIpc) is 3.40. The Labute approximate surface area is 180 Å². The summed E-state index contributed by atoms with van der Waals surface area (Å²) in [5, 5.41) is 6.34. The number of nitrogens with one attached hydrogen (secondary N) is 1. The van der Waals surface area contributed by atoms with Crippen molar-refractivity contribution in [3.05, 3.63) is 58.4 Å². The van der Waals surface area contributed by atoms with E-state index in [9.17, 15) is 9.59 Å². The summed E-state index contributed by atoms with van der Waals surface area (Å²) >= 11 is 1.62. The molecule has 1 atom stereocenters. The summed E-state index contributed by atoms with van der Waals surface area (Å²) in [4.78, 5) is 30.2. The number of fused-ring (bicyclic) bond motifs is 3. The normalized spacial score (nSPS) is 22.3. The van der Waals surface area contributed by atoms with Gasteiger partial charge in [0.15, 0.2) is 0 Å². The Morgan fingerprint density at radius 3 is 2.73 bits per heavy atom. The molecular weight excluding hydrogens is 394 g/mol. The third kappa shape index (κ3) is 3.23. The zero-order valence-corrected chi connectivity index (χ0v) is 18.1. The van der Waals surface area contributed by atoms with Gasteiger partial charge >= 0.3 is 0 Å². The van der Waals surface area contributed by atoms with Crippen LogP contribution < -0.4 is 5.32 Å². The van der Waals surface area contributed by atoms with Gasteiger partial charge in [0, 0.05) is 21.8 Å². The van der Waals surface area contributed by atoms with Crippen LogP contribution >= 0.6 is 11.3 Å². The molecule has 1 aliphatic carbocycles. The molecule has 1 aromatic carbocycles. The number of hydrogen-bond donors (Lipinski definition) is 1. The number of para-hydroxylation sites is 1. The second-order valence-electron chi connectivity index (χ2n) is 8.73. The molecule has 0 radical (unpaired) electrons. The van der Waals surface area contributed by atoms with E-state index in [2.05, 4.69) is 5.32 Å². The van der Waals surface area contributed by atoms with Crippen molar-refractivity contribution >= 4 is 34.1 Å². The molecule has 1 aliphatic heterocycles. The van der Waals surface area contributed by atoms with E-state index >= 15 is 0 Å². The van der Waals surface area contributed by atoms with Crippen LogP contribution in [0.2, 0.25) is 0 Å². The van der Waals surface area contributed by atoms with Gasteiger partial charge in [-0.2, -0.15) is 0 Å². The third-order valence-electron chi connectivity index (χ3n) is 6.66. The van der Waals surface area contributed by atoms with E-state index in [-0.39, 0.29) is 17.9 Å². The van der Waals surface area contributed by atoms with E-state index in [0.29, 0.717) is 18.8 Å². The standard InChI is InChI=1S/C24H27N3O2S/c1-24(23(29)25-18-9-3-2-4-10-18)16-26-20-12-6-5-8-17(20)14-21(26)22(28)27(24)15-19-11-7-13-30-19/h5-8,11-14,18H,2-4,9-10,15-16H2,1H3,(H,25,29). The lowest BCUT2D eigenvalue weighted by molar-refractivity contribution is -0.134. The fraction of sp³-hybridized carbons (Fsp3) is 0.417. The monoisotopic (exact) mass is 421 g/mol. The van der Waals surface area contributed by atoms with Gasteiger partial charge < -0.3 is 14.8 Å². The van der Waals surface area contributed by atoms with E-state index in [1.54, 1.807) is 16.2 Å². The highest BCUT2D eigenvalue weighted by Crippen LogP contribution is 2.34. The maximum absolute atomic E-state index is 13.7. The van der Waals surface area contributed by atoms with Crippen molar-refractivity contribution in [1.29, 1.82) is 0 Å². The molecule has 2 amide bonds. The molecule has 0 saturated heterocycles. The van der Waals surface area contributed by atoms with E-state index < -0.39 is 5.54 Å². The first-order valence-corrected chi connectivity index (χ1v) is 11.7. The van der Waals surface area contributed by atoms with Crippen molar-refractivity contribution in [2.75, 3.05) is 0 Å². The molecule has 6 heteroatoms. The van der Waals surface area contributed by atoms with Gasteiger partial charge in [-0.1, -0.05) is 43.5 Å². The van der Waals surface area contributed by atoms with Crippen molar-refractivity contribution in [2.24, 2.45) is 0 Å². The van der Waals surface area contributed by atoms with Crippen LogP contribution in [0, 0.1) is 0 Å². The summed E-state index contributed by atoms with van der Waals surface area (Å²) in [5.74, 6) is -0.116. The maximum atomic E-state index is 13.7. The third-order valence-corrected chi connectivity index (χ3v) is 7.52. The van der Waals surface area contributed by atoms with Crippen molar-refractivity contribution in [1.82, 2.24) is 14.8 Å². The molecule has 0 spiro atoms. The zero-order valence-electron chi connectivity index (χ0n) is 17.3. The molecule has 1 saturated carbocycles. The smallest absolute Gasteiger partial charge is 0.271 e. The zero-order chi connectivity index (χ0) is 20.7. The fourth-order valence-corrected chi connectivity index (χ4v) is 5.59. The minimum absolute atomic E-state index is 0.0391. The van der Waals surface area contributed by atoms with Crippen LogP contribution in [-0.4, -0.2) is 32.9 Å². The summed E-state index contributed by atoms with van der Waals surface area (Å²) in [7, 11) is 0. The highest BCUT2D eigenvalue weighted by Gasteiger charge is 2.48. The number of rotatable bonds is 4. The van der Waals surface area contributed by atoms with Crippen molar-refractivity contribution in [3.8, 4) is 0 Å². The van der Waals surface area contributed by atoms with Gasteiger partial charge in [0.1, 0.15) is 11.2 Å². The molecule has 3 aromatic rings. The summed E-state index contributed by atoms with van der Waals surface area (Å²) in [6, 6.07) is 14.2. The predicted octanol–water partition coefficient (Wildman–Crippen LogP) is 4.57. The molecule has 2 aliphatic rings. The molecule has 3 heterocycles. The number of thiophene rings is 1. The molecule has 0 bridgehead atoms. The summed E-state index contributed by atoms with van der Waals surface area (Å²) in [6.07, 6.45) is 5.61. The van der Waals surface area contributed by atoms with Crippen molar-refractivity contribution < 1.29 is 9.59 Å². The topological polar surface area (TPSA) is 54.3 Å². The number of aromatic nitrogens is 1. The molecule has 1 fully saturated rings. The van der Waals surface area contributed by atoms with E-state index in [4.69, 9.17) is 0 Å². The van der Waals surface area contributed by atoms with Gasteiger partial charge in [-0.05, 0) is 43.3 Å². The summed E-state index contributed by atoms with van der Waals surface area (Å²) in [6.45, 7) is 2.84. The molecular formula is C24H27N3O2S. The lowest BCUT2D eigenvalue weighted by Crippen LogP contribution is -2.64. The molecule has 1 N–H and O–H groups in total. The molecule has 2 aromatic heterocycles. The minimum Gasteiger partial charge on any atom is -0.351 e. The van der Waals surface area contributed by atoms with Crippen LogP contribution in [0.4, 0.5) is 0 Å². The maximum Gasteiger partial charge on any atom is 0.271 e. The highest BCUT2D eigenvalue weighted by molar-refractivity contribution is 7.09. The second-order valence-corrected chi connectivity index (χ2v) is 9.76. The molecule has 5 rings (SSSR count). The number of carbonyl (C=O) groups excluding carboxylic acids is 2. The Bertz CT molecular complexity index is 1080. The van der Waals surface area contributed by atoms with Crippen LogP contribution in [0.5, 0.6) is 0 Å². The lowest BCUT2D eigenvalue weighted by atomic mass is 9.91. The summed E-state index contributed by atoms with van der Waals surface area (Å²) in [5.41, 5.74) is 0.733. The van der Waals surface area contributed by atoms with Gasteiger partial charge in [-0.3, -0.25) is 9.59 Å². The second kappa shape index (κ2) is 7.58. The van der Waals surface area contributed by atoms with Gasteiger partial charge in [-0.15, -0.1) is 11.3 Å². The number of nitrogens with zero attached hydrogens (tertiary/aromatic N) is 2. The molecule has 5 nitrogen and oxygen atoms in total. The van der Waals surface area contributed by atoms with Crippen LogP contribution in [0.25, 0.3) is 10.9 Å². The number of hydrogen-bond acceptors (Lipinski definition) is 3. The van der Waals surface area contributed by atoms with Crippen LogP contribution in [0.3, 0.4) is 0 Å². The molecule has 156 valence electrons. The van der Waals surface area contributed by atoms with Crippen LogP contribution in [0.1, 0.15) is 54.4 Å².